The van der Waals surface area contributed by atoms with Crippen LogP contribution in [-0.2, 0) is 0 Å². The number of nitrogens with one attached hydrogen (secondary N) is 1. The lowest BCUT2D eigenvalue weighted by Gasteiger charge is -1.98. The number of fused-ring (bicyclic) bond motifs is 3. The molecule has 3 nitrogen and oxygen atoms in total. The van der Waals surface area contributed by atoms with Crippen LogP contribution in [0.4, 0.5) is 0 Å². The van der Waals surface area contributed by atoms with Gasteiger partial charge < -0.3 is 4.98 Å². The van der Waals surface area contributed by atoms with E-state index < -0.39 is 0 Å². The molecule has 0 bridgehead atoms. The number of H-pyrrole nitrogens is 1. The van der Waals surface area contributed by atoms with Crippen molar-refractivity contribution >= 4 is 33.7 Å². The molecule has 0 fully saturated rings. The summed E-state index contributed by atoms with van der Waals surface area (Å²) >= 11 is 0. The molecule has 0 aliphatic heterocycles. The number of ketones is 1. The Balaban J connectivity index is 1.75. The first-order valence-electron chi connectivity index (χ1n) is 7.87. The fourth-order valence-corrected chi connectivity index (χ4v) is 2.89. The number of aromatic nitrogens is 2. The predicted molar refractivity (Wildman–Crippen MR) is 98.1 cm³/mol. The number of rotatable bonds is 3. The van der Waals surface area contributed by atoms with Crippen LogP contribution in [-0.4, -0.2) is 15.8 Å². The SMILES string of the molecule is Cc1ccc(/C=C/C(=O)c2nccc3c2[nH]c2ccccc23)cc1. The van der Waals surface area contributed by atoms with Crippen LogP contribution in [0.25, 0.3) is 27.9 Å². The number of benzene rings is 2. The lowest BCUT2D eigenvalue weighted by Crippen LogP contribution is -1.99. The maximum atomic E-state index is 12.6. The van der Waals surface area contributed by atoms with E-state index in [-0.39, 0.29) is 5.78 Å². The van der Waals surface area contributed by atoms with Crippen molar-refractivity contribution in [3.63, 3.8) is 0 Å². The Morgan fingerprint density at radius 2 is 1.79 bits per heavy atom. The van der Waals surface area contributed by atoms with E-state index in [9.17, 15) is 4.79 Å². The Bertz CT molecular complexity index is 1070. The normalized spacial score (nSPS) is 11.5. The predicted octanol–water partition coefficient (Wildman–Crippen LogP) is 4.92. The third kappa shape index (κ3) is 2.50. The maximum absolute atomic E-state index is 12.6. The number of carbonyl (C=O) groups is 1. The molecule has 24 heavy (non-hydrogen) atoms. The summed E-state index contributed by atoms with van der Waals surface area (Å²) in [7, 11) is 0. The first-order valence-corrected chi connectivity index (χ1v) is 7.87. The zero-order chi connectivity index (χ0) is 16.5. The molecule has 0 amide bonds. The smallest absolute Gasteiger partial charge is 0.206 e. The number of nitrogens with zero attached hydrogens (tertiary/aromatic N) is 1. The van der Waals surface area contributed by atoms with Gasteiger partial charge in [0.05, 0.1) is 5.52 Å². The Kier molecular flexibility index (Phi) is 3.47. The average molecular weight is 312 g/mol. The molecule has 2 aromatic carbocycles. The minimum absolute atomic E-state index is 0.104. The highest BCUT2D eigenvalue weighted by Crippen LogP contribution is 2.26. The topological polar surface area (TPSA) is 45.8 Å². The van der Waals surface area contributed by atoms with Crippen molar-refractivity contribution in [1.29, 1.82) is 0 Å². The molecule has 0 atom stereocenters. The van der Waals surface area contributed by atoms with Gasteiger partial charge in [-0.3, -0.25) is 9.78 Å². The highest BCUT2D eigenvalue weighted by molar-refractivity contribution is 6.17. The van der Waals surface area contributed by atoms with Gasteiger partial charge in [-0.1, -0.05) is 54.1 Å². The van der Waals surface area contributed by atoms with Crippen molar-refractivity contribution in [1.82, 2.24) is 9.97 Å². The van der Waals surface area contributed by atoms with E-state index in [2.05, 4.69) is 9.97 Å². The summed E-state index contributed by atoms with van der Waals surface area (Å²) in [6, 6.07) is 18.0. The zero-order valence-electron chi connectivity index (χ0n) is 13.3. The third-order valence-electron chi connectivity index (χ3n) is 4.17. The zero-order valence-corrected chi connectivity index (χ0v) is 13.3. The summed E-state index contributed by atoms with van der Waals surface area (Å²) in [5.74, 6) is -0.104. The molecule has 2 aromatic heterocycles. The van der Waals surface area contributed by atoms with Crippen LogP contribution in [0.2, 0.25) is 0 Å². The van der Waals surface area contributed by atoms with E-state index in [1.165, 1.54) is 5.56 Å². The van der Waals surface area contributed by atoms with Gasteiger partial charge in [0.15, 0.2) is 0 Å². The fourth-order valence-electron chi connectivity index (χ4n) is 2.89. The second-order valence-corrected chi connectivity index (χ2v) is 5.86. The minimum atomic E-state index is -0.104. The van der Waals surface area contributed by atoms with Crippen LogP contribution in [0.5, 0.6) is 0 Å². The highest BCUT2D eigenvalue weighted by atomic mass is 16.1. The maximum Gasteiger partial charge on any atom is 0.206 e. The standard InChI is InChI=1S/C21H16N2O/c1-14-6-8-15(9-7-14)10-11-19(24)21-20-17(12-13-22-21)16-4-2-3-5-18(16)23-20/h2-13,23H,1H3/b11-10+. The monoisotopic (exact) mass is 312 g/mol. The molecule has 4 rings (SSSR count). The van der Waals surface area contributed by atoms with Gasteiger partial charge in [-0.2, -0.15) is 0 Å². The molecule has 0 saturated carbocycles. The van der Waals surface area contributed by atoms with Crippen molar-refractivity contribution in [2.75, 3.05) is 0 Å². The average Bonchev–Trinajstić information content (AvgIpc) is 2.99. The third-order valence-corrected chi connectivity index (χ3v) is 4.17. The number of aryl methyl sites for hydroxylation is 1. The van der Waals surface area contributed by atoms with Crippen LogP contribution in [0.1, 0.15) is 21.6 Å². The van der Waals surface area contributed by atoms with Crippen molar-refractivity contribution in [3.05, 3.63) is 83.7 Å². The molecule has 0 spiro atoms. The highest BCUT2D eigenvalue weighted by Gasteiger charge is 2.13. The quantitative estimate of drug-likeness (QED) is 0.431. The molecule has 4 aromatic rings. The van der Waals surface area contributed by atoms with Crippen LogP contribution < -0.4 is 0 Å². The Hall–Kier alpha value is -3.20. The Labute approximate surface area is 139 Å². The number of carbonyl (C=O) groups excluding carboxylic acids is 1. The van der Waals surface area contributed by atoms with Gasteiger partial charge in [-0.05, 0) is 30.7 Å². The van der Waals surface area contributed by atoms with Crippen molar-refractivity contribution in [2.45, 2.75) is 6.92 Å². The number of hydrogen-bond acceptors (Lipinski definition) is 2. The van der Waals surface area contributed by atoms with Gasteiger partial charge in [0.25, 0.3) is 0 Å². The summed E-state index contributed by atoms with van der Waals surface area (Å²) in [5, 5.41) is 2.12. The number of hydrogen-bond donors (Lipinski definition) is 1. The number of aromatic amines is 1. The Morgan fingerprint density at radius 1 is 1.00 bits per heavy atom. The molecule has 1 N–H and O–H groups in total. The molecule has 116 valence electrons. The molecule has 0 radical (unpaired) electrons. The second kappa shape index (κ2) is 5.78. The van der Waals surface area contributed by atoms with Gasteiger partial charge in [-0.25, -0.2) is 0 Å². The number of allylic oxidation sites excluding steroid dienone is 1. The van der Waals surface area contributed by atoms with E-state index in [0.717, 1.165) is 27.4 Å². The molecule has 0 saturated heterocycles. The first-order chi connectivity index (χ1) is 11.7. The molecule has 3 heteroatoms. The molecule has 2 heterocycles. The second-order valence-electron chi connectivity index (χ2n) is 5.86. The summed E-state index contributed by atoms with van der Waals surface area (Å²) in [5.41, 5.74) is 4.45. The van der Waals surface area contributed by atoms with Crippen LogP contribution in [0.15, 0.2) is 66.9 Å². The molecule has 0 aliphatic carbocycles. The lowest BCUT2D eigenvalue weighted by molar-refractivity contribution is 0.104. The van der Waals surface area contributed by atoms with Gasteiger partial charge in [0.2, 0.25) is 5.78 Å². The minimum Gasteiger partial charge on any atom is -0.353 e. The van der Waals surface area contributed by atoms with Crippen molar-refractivity contribution in [2.24, 2.45) is 0 Å². The van der Waals surface area contributed by atoms with Gasteiger partial charge >= 0.3 is 0 Å². The lowest BCUT2D eigenvalue weighted by atomic mass is 10.1. The van der Waals surface area contributed by atoms with Gasteiger partial charge in [-0.15, -0.1) is 0 Å². The summed E-state index contributed by atoms with van der Waals surface area (Å²) in [4.78, 5) is 20.2. The number of para-hydroxylation sites is 1. The van der Waals surface area contributed by atoms with E-state index in [1.54, 1.807) is 12.3 Å². The van der Waals surface area contributed by atoms with E-state index in [4.69, 9.17) is 0 Å². The van der Waals surface area contributed by atoms with Crippen LogP contribution in [0, 0.1) is 6.92 Å². The molecule has 0 unspecified atom stereocenters. The molecular weight excluding hydrogens is 296 g/mol. The Morgan fingerprint density at radius 3 is 2.62 bits per heavy atom. The largest absolute Gasteiger partial charge is 0.353 e. The fraction of sp³-hybridized carbons (Fsp3) is 0.0476. The summed E-state index contributed by atoms with van der Waals surface area (Å²) in [6.45, 7) is 2.04. The van der Waals surface area contributed by atoms with Crippen molar-refractivity contribution in [3.8, 4) is 0 Å². The molecular formula is C21H16N2O. The van der Waals surface area contributed by atoms with E-state index in [1.807, 2.05) is 67.6 Å². The van der Waals surface area contributed by atoms with Gasteiger partial charge in [0, 0.05) is 22.5 Å². The first kappa shape index (κ1) is 14.4. The molecule has 0 aliphatic rings. The number of pyridine rings is 1. The summed E-state index contributed by atoms with van der Waals surface area (Å²) < 4.78 is 0. The van der Waals surface area contributed by atoms with E-state index in [0.29, 0.717) is 5.69 Å². The summed E-state index contributed by atoms with van der Waals surface area (Å²) in [6.07, 6.45) is 5.10. The van der Waals surface area contributed by atoms with E-state index >= 15 is 0 Å². The van der Waals surface area contributed by atoms with Crippen molar-refractivity contribution < 1.29 is 4.79 Å². The van der Waals surface area contributed by atoms with Crippen LogP contribution in [0.3, 0.4) is 0 Å². The van der Waals surface area contributed by atoms with Gasteiger partial charge in [0.1, 0.15) is 5.69 Å². The van der Waals surface area contributed by atoms with Crippen LogP contribution >= 0.6 is 0 Å².